The van der Waals surface area contributed by atoms with Crippen LogP contribution in [0.15, 0.2) is 9.98 Å². The molecule has 1 heterocycles. The van der Waals surface area contributed by atoms with Crippen molar-refractivity contribution in [3.05, 3.63) is 0 Å². The Morgan fingerprint density at radius 1 is 1.70 bits per heavy atom. The van der Waals surface area contributed by atoms with Crippen LogP contribution < -0.4 is 0 Å². The Balaban J connectivity index is 0.000000810. The molecule has 1 atom stereocenters. The van der Waals surface area contributed by atoms with Crippen LogP contribution in [0.3, 0.4) is 0 Å². The van der Waals surface area contributed by atoms with Gasteiger partial charge in [-0.2, -0.15) is 0 Å². The van der Waals surface area contributed by atoms with Gasteiger partial charge in [-0.15, -0.1) is 0 Å². The third-order valence-electron chi connectivity index (χ3n) is 0.743. The van der Waals surface area contributed by atoms with Crippen molar-refractivity contribution in [3.8, 4) is 0 Å². The molecule has 0 amide bonds. The van der Waals surface area contributed by atoms with Crippen LogP contribution in [-0.2, 0) is 0 Å². The van der Waals surface area contributed by atoms with Crippen LogP contribution in [0.25, 0.3) is 0 Å². The van der Waals surface area contributed by atoms with Gasteiger partial charge >= 0.3 is 29.6 Å². The van der Waals surface area contributed by atoms with E-state index in [0.29, 0.717) is 0 Å². The summed E-state index contributed by atoms with van der Waals surface area (Å²) in [5.74, 6) is 0. The maximum absolute atomic E-state index is 8.78. The van der Waals surface area contributed by atoms with Gasteiger partial charge in [0, 0.05) is 11.8 Å². The molecule has 0 saturated heterocycles. The first-order valence-corrected chi connectivity index (χ1v) is 2.81. The number of aliphatic imine (C=N–C) groups is 2. The summed E-state index contributed by atoms with van der Waals surface area (Å²) in [5, 5.41) is 8.79. The first-order chi connectivity index (χ1) is 4.22. The second-order valence-electron chi connectivity index (χ2n) is 1.32. The molecule has 0 aliphatic carbocycles. The van der Waals surface area contributed by atoms with E-state index in [1.54, 1.807) is 0 Å². The topological polar surface area (TPSA) is 48.2 Å². The number of rotatable bonds is 0. The fraction of sp³-hybridized carbons (Fsp3) is 0.333. The molecular formula is C3H4Cl2N3NaO. The third-order valence-corrected chi connectivity index (χ3v) is 1.44. The van der Waals surface area contributed by atoms with Gasteiger partial charge in [0.15, 0.2) is 0 Å². The predicted octanol–water partition coefficient (Wildman–Crippen LogP) is -0.294. The van der Waals surface area contributed by atoms with Crippen molar-refractivity contribution in [2.45, 2.75) is 6.35 Å². The number of hydrogen-bond acceptors (Lipinski definition) is 4. The molecular weight excluding hydrogens is 188 g/mol. The Hall–Kier alpha value is 0.680. The average molecular weight is 192 g/mol. The molecule has 4 nitrogen and oxygen atoms in total. The molecule has 0 aromatic heterocycles. The monoisotopic (exact) mass is 191 g/mol. The van der Waals surface area contributed by atoms with Gasteiger partial charge in [-0.3, -0.25) is 0 Å². The van der Waals surface area contributed by atoms with Gasteiger partial charge in [0.1, 0.15) is 6.34 Å². The minimum atomic E-state index is -1.11. The molecule has 1 unspecified atom stereocenters. The first kappa shape index (κ1) is 10.7. The van der Waals surface area contributed by atoms with Gasteiger partial charge in [0.05, 0.1) is 0 Å². The van der Waals surface area contributed by atoms with Crippen molar-refractivity contribution in [2.75, 3.05) is 0 Å². The molecule has 1 N–H and O–H groups in total. The Labute approximate surface area is 89.9 Å². The summed E-state index contributed by atoms with van der Waals surface area (Å²) in [6, 6.07) is 0. The minimum absolute atomic E-state index is 0. The molecule has 52 valence electrons. The van der Waals surface area contributed by atoms with Gasteiger partial charge in [-0.25, -0.2) is 14.4 Å². The van der Waals surface area contributed by atoms with Gasteiger partial charge in [0.2, 0.25) is 11.6 Å². The molecule has 10 heavy (non-hydrogen) atoms. The molecule has 0 spiro atoms. The van der Waals surface area contributed by atoms with Gasteiger partial charge in [-0.05, 0) is 11.6 Å². The zero-order valence-corrected chi connectivity index (χ0v) is 5.71. The first-order valence-electron chi connectivity index (χ1n) is 2.10. The molecule has 0 fully saturated rings. The fourth-order valence-corrected chi connectivity index (χ4v) is 0.575. The van der Waals surface area contributed by atoms with Crippen molar-refractivity contribution in [2.24, 2.45) is 9.98 Å². The van der Waals surface area contributed by atoms with Crippen LogP contribution in [0.5, 0.6) is 0 Å². The summed E-state index contributed by atoms with van der Waals surface area (Å²) < 4.78 is 0.821. The van der Waals surface area contributed by atoms with Gasteiger partial charge < -0.3 is 5.11 Å². The number of nitrogens with zero attached hydrogens (tertiary/aromatic N) is 3. The average Bonchev–Trinajstić information content (AvgIpc) is 1.83. The summed E-state index contributed by atoms with van der Waals surface area (Å²) in [5.41, 5.74) is 0. The van der Waals surface area contributed by atoms with Gasteiger partial charge in [-0.1, -0.05) is 0 Å². The molecule has 0 saturated carbocycles. The number of amidine groups is 1. The van der Waals surface area contributed by atoms with Crippen LogP contribution in [0.1, 0.15) is 0 Å². The standard InChI is InChI=1S/C3H3Cl2N3O.Na.H/c4-2-6-1-7-3(9)8(2)5;;/h1,3,9H;;. The van der Waals surface area contributed by atoms with Crippen molar-refractivity contribution >= 4 is 64.6 Å². The molecule has 0 radical (unpaired) electrons. The Morgan fingerprint density at radius 2 is 2.30 bits per heavy atom. The summed E-state index contributed by atoms with van der Waals surface area (Å²) in [7, 11) is 0. The number of aliphatic hydroxyl groups is 1. The van der Waals surface area contributed by atoms with Crippen molar-refractivity contribution in [3.63, 3.8) is 0 Å². The van der Waals surface area contributed by atoms with E-state index in [4.69, 9.17) is 28.5 Å². The third kappa shape index (κ3) is 2.38. The van der Waals surface area contributed by atoms with Crippen LogP contribution in [0.2, 0.25) is 0 Å². The number of hydrogen-bond donors (Lipinski definition) is 1. The summed E-state index contributed by atoms with van der Waals surface area (Å²) >= 11 is 10.7. The molecule has 0 bridgehead atoms. The van der Waals surface area contributed by atoms with Crippen LogP contribution in [0.4, 0.5) is 0 Å². The molecule has 7 heteroatoms. The Morgan fingerprint density at radius 3 is 2.70 bits per heavy atom. The van der Waals surface area contributed by atoms with E-state index in [9.17, 15) is 0 Å². The predicted molar refractivity (Wildman–Crippen MR) is 42.6 cm³/mol. The molecule has 1 rings (SSSR count). The van der Waals surface area contributed by atoms with Crippen molar-refractivity contribution < 1.29 is 5.11 Å². The quantitative estimate of drug-likeness (QED) is 0.325. The van der Waals surface area contributed by atoms with E-state index < -0.39 is 6.35 Å². The zero-order chi connectivity index (χ0) is 6.85. The SMILES string of the molecule is OC1N=CN=C(Cl)N1Cl.[NaH]. The Bertz CT molecular complexity index is 173. The number of halogens is 2. The van der Waals surface area contributed by atoms with Crippen LogP contribution >= 0.6 is 23.4 Å². The van der Waals surface area contributed by atoms with E-state index in [1.165, 1.54) is 0 Å². The normalized spacial score (nSPS) is 23.7. The second kappa shape index (κ2) is 4.54. The van der Waals surface area contributed by atoms with E-state index in [1.807, 2.05) is 0 Å². The zero-order valence-electron chi connectivity index (χ0n) is 4.20. The second-order valence-corrected chi connectivity index (χ2v) is 2.02. The van der Waals surface area contributed by atoms with E-state index in [-0.39, 0.29) is 34.9 Å². The van der Waals surface area contributed by atoms with E-state index in [0.717, 1.165) is 10.8 Å². The molecule has 1 aliphatic rings. The number of aliphatic hydroxyl groups excluding tert-OH is 1. The van der Waals surface area contributed by atoms with Crippen molar-refractivity contribution in [1.82, 2.24) is 4.42 Å². The van der Waals surface area contributed by atoms with E-state index >= 15 is 0 Å². The van der Waals surface area contributed by atoms with Gasteiger partial charge in [0.25, 0.3) is 0 Å². The summed E-state index contributed by atoms with van der Waals surface area (Å²) in [4.78, 5) is 6.90. The summed E-state index contributed by atoms with van der Waals surface area (Å²) in [6.45, 7) is 0. The van der Waals surface area contributed by atoms with Crippen LogP contribution in [-0.4, -0.2) is 57.1 Å². The fourth-order valence-electron chi connectivity index (χ4n) is 0.350. The molecule has 0 aromatic carbocycles. The van der Waals surface area contributed by atoms with Crippen LogP contribution in [0, 0.1) is 0 Å². The molecule has 0 aromatic rings. The summed E-state index contributed by atoms with van der Waals surface area (Å²) in [6.07, 6.45) is 0.0305. The van der Waals surface area contributed by atoms with Crippen molar-refractivity contribution in [1.29, 1.82) is 0 Å². The van der Waals surface area contributed by atoms with E-state index in [2.05, 4.69) is 9.98 Å². The molecule has 1 aliphatic heterocycles. The Kier molecular flexibility index (Phi) is 4.84. The maximum atomic E-state index is 8.78.